The molecule has 0 radical (unpaired) electrons. The van der Waals surface area contributed by atoms with Gasteiger partial charge in [0.25, 0.3) is 0 Å². The van der Waals surface area contributed by atoms with Gasteiger partial charge in [-0.15, -0.1) is 11.3 Å². The van der Waals surface area contributed by atoms with E-state index in [1.807, 2.05) is 11.3 Å². The summed E-state index contributed by atoms with van der Waals surface area (Å²) in [5.74, 6) is 0.945. The van der Waals surface area contributed by atoms with E-state index in [0.29, 0.717) is 0 Å². The zero-order chi connectivity index (χ0) is 14.9. The summed E-state index contributed by atoms with van der Waals surface area (Å²) in [6.07, 6.45) is 2.85. The second-order valence-corrected chi connectivity index (χ2v) is 8.73. The van der Waals surface area contributed by atoms with Gasteiger partial charge in [-0.2, -0.15) is 0 Å². The molecule has 2 rings (SSSR count). The highest BCUT2D eigenvalue weighted by atomic mass is 32.1. The molecular weight excluding hydrogens is 264 g/mol. The maximum atomic E-state index is 3.58. The Balaban J connectivity index is 1.93. The van der Waals surface area contributed by atoms with Gasteiger partial charge in [0.2, 0.25) is 0 Å². The first-order valence-electron chi connectivity index (χ1n) is 7.80. The van der Waals surface area contributed by atoms with Crippen LogP contribution >= 0.6 is 11.3 Å². The Morgan fingerprint density at radius 1 is 1.40 bits per heavy atom. The van der Waals surface area contributed by atoms with E-state index in [9.17, 15) is 0 Å². The van der Waals surface area contributed by atoms with Gasteiger partial charge in [0.05, 0.1) is 0 Å². The summed E-state index contributed by atoms with van der Waals surface area (Å²) in [5.41, 5.74) is 1.70. The molecule has 114 valence electrons. The highest BCUT2D eigenvalue weighted by Gasteiger charge is 2.30. The summed E-state index contributed by atoms with van der Waals surface area (Å²) in [6, 6.07) is 3.12. The van der Waals surface area contributed by atoms with Gasteiger partial charge in [0.1, 0.15) is 0 Å². The maximum Gasteiger partial charge on any atom is 0.0304 e. The van der Waals surface area contributed by atoms with Crippen LogP contribution in [0, 0.1) is 12.8 Å². The molecule has 1 saturated carbocycles. The topological polar surface area (TPSA) is 15.3 Å². The number of nitrogens with zero attached hydrogens (tertiary/aromatic N) is 1. The summed E-state index contributed by atoms with van der Waals surface area (Å²) in [4.78, 5) is 5.46. The van der Waals surface area contributed by atoms with Crippen molar-refractivity contribution in [2.24, 2.45) is 5.92 Å². The van der Waals surface area contributed by atoms with Crippen LogP contribution in [-0.4, -0.2) is 23.5 Å². The molecule has 0 saturated heterocycles. The van der Waals surface area contributed by atoms with Crippen LogP contribution in [0.3, 0.4) is 0 Å². The molecule has 1 aromatic heterocycles. The second kappa shape index (κ2) is 6.17. The molecule has 1 aliphatic carbocycles. The first-order chi connectivity index (χ1) is 9.26. The molecule has 0 bridgehead atoms. The minimum atomic E-state index is 0.190. The second-order valence-electron chi connectivity index (χ2n) is 7.39. The van der Waals surface area contributed by atoms with Crippen LogP contribution < -0.4 is 5.32 Å². The van der Waals surface area contributed by atoms with Crippen molar-refractivity contribution in [3.05, 3.63) is 21.4 Å². The van der Waals surface area contributed by atoms with E-state index < -0.39 is 0 Å². The van der Waals surface area contributed by atoms with Gasteiger partial charge in [-0.05, 0) is 72.1 Å². The molecule has 1 N–H and O–H groups in total. The number of hydrogen-bond acceptors (Lipinski definition) is 3. The van der Waals surface area contributed by atoms with Crippen LogP contribution in [0.1, 0.15) is 55.9 Å². The fraction of sp³-hybridized carbons (Fsp3) is 0.765. The third-order valence-corrected chi connectivity index (χ3v) is 5.38. The average Bonchev–Trinajstić information content (AvgIpc) is 3.12. The number of nitrogens with one attached hydrogen (secondary N) is 1. The van der Waals surface area contributed by atoms with Gasteiger partial charge in [-0.25, -0.2) is 0 Å². The number of hydrogen-bond donors (Lipinski definition) is 1. The minimum absolute atomic E-state index is 0.190. The lowest BCUT2D eigenvalue weighted by Crippen LogP contribution is -2.34. The highest BCUT2D eigenvalue weighted by Crippen LogP contribution is 2.35. The zero-order valence-corrected chi connectivity index (χ0v) is 14.7. The molecule has 20 heavy (non-hydrogen) atoms. The molecule has 0 spiro atoms. The summed E-state index contributed by atoms with van der Waals surface area (Å²) in [5, 5.41) is 3.58. The van der Waals surface area contributed by atoms with Crippen molar-refractivity contribution < 1.29 is 0 Å². The van der Waals surface area contributed by atoms with Crippen LogP contribution in [0.5, 0.6) is 0 Å². The molecule has 2 nitrogen and oxygen atoms in total. The van der Waals surface area contributed by atoms with E-state index in [1.165, 1.54) is 28.2 Å². The number of aryl methyl sites for hydroxylation is 1. The molecule has 1 heterocycles. The molecule has 0 aromatic carbocycles. The van der Waals surface area contributed by atoms with Gasteiger partial charge in [0, 0.05) is 34.4 Å². The monoisotopic (exact) mass is 294 g/mol. The van der Waals surface area contributed by atoms with Crippen molar-refractivity contribution in [2.45, 2.75) is 72.1 Å². The van der Waals surface area contributed by atoms with E-state index in [0.717, 1.165) is 25.0 Å². The van der Waals surface area contributed by atoms with Gasteiger partial charge in [-0.3, -0.25) is 4.90 Å². The lowest BCUT2D eigenvalue weighted by molar-refractivity contribution is 0.226. The first kappa shape index (κ1) is 16.0. The summed E-state index contributed by atoms with van der Waals surface area (Å²) in [6.45, 7) is 13.4. The minimum Gasteiger partial charge on any atom is -0.307 e. The van der Waals surface area contributed by atoms with E-state index in [2.05, 4.69) is 57.9 Å². The molecule has 1 aliphatic rings. The molecule has 1 fully saturated rings. The van der Waals surface area contributed by atoms with E-state index in [-0.39, 0.29) is 5.54 Å². The van der Waals surface area contributed by atoms with Crippen molar-refractivity contribution in [1.82, 2.24) is 10.2 Å². The van der Waals surface area contributed by atoms with Crippen molar-refractivity contribution in [3.63, 3.8) is 0 Å². The SMILES string of the molecule is Cc1sc(CNC(C)(C)C)cc1CN(C)C(C)C1CC1. The average molecular weight is 295 g/mol. The lowest BCUT2D eigenvalue weighted by Gasteiger charge is -2.24. The Hall–Kier alpha value is -0.380. The predicted octanol–water partition coefficient (Wildman–Crippen LogP) is 4.17. The fourth-order valence-corrected chi connectivity index (χ4v) is 3.53. The van der Waals surface area contributed by atoms with Crippen molar-refractivity contribution in [3.8, 4) is 0 Å². The quantitative estimate of drug-likeness (QED) is 0.847. The summed E-state index contributed by atoms with van der Waals surface area (Å²) < 4.78 is 0. The lowest BCUT2D eigenvalue weighted by atomic mass is 10.1. The van der Waals surface area contributed by atoms with Crippen molar-refractivity contribution >= 4 is 11.3 Å². The van der Waals surface area contributed by atoms with E-state index in [1.54, 1.807) is 0 Å². The standard InChI is InChI=1S/C17H30N2S/c1-12(14-7-8-14)19(6)11-15-9-16(20-13(15)2)10-18-17(3,4)5/h9,12,14,18H,7-8,10-11H2,1-6H3. The predicted molar refractivity (Wildman–Crippen MR) is 89.3 cm³/mol. The van der Waals surface area contributed by atoms with Crippen molar-refractivity contribution in [1.29, 1.82) is 0 Å². The van der Waals surface area contributed by atoms with Crippen LogP contribution in [0.25, 0.3) is 0 Å². The third-order valence-electron chi connectivity index (χ3n) is 4.28. The van der Waals surface area contributed by atoms with Crippen LogP contribution in [0.15, 0.2) is 6.07 Å². The maximum absolute atomic E-state index is 3.58. The molecule has 0 amide bonds. The van der Waals surface area contributed by atoms with Crippen LogP contribution in [0.2, 0.25) is 0 Å². The Kier molecular flexibility index (Phi) is 4.93. The van der Waals surface area contributed by atoms with Crippen molar-refractivity contribution in [2.75, 3.05) is 7.05 Å². The fourth-order valence-electron chi connectivity index (χ4n) is 2.54. The van der Waals surface area contributed by atoms with Crippen LogP contribution in [-0.2, 0) is 13.1 Å². The van der Waals surface area contributed by atoms with Gasteiger partial charge < -0.3 is 5.32 Å². The Morgan fingerprint density at radius 2 is 2.05 bits per heavy atom. The third kappa shape index (κ3) is 4.57. The highest BCUT2D eigenvalue weighted by molar-refractivity contribution is 7.12. The van der Waals surface area contributed by atoms with Gasteiger partial charge in [-0.1, -0.05) is 0 Å². The molecule has 1 aromatic rings. The summed E-state index contributed by atoms with van der Waals surface area (Å²) >= 11 is 1.94. The Morgan fingerprint density at radius 3 is 2.60 bits per heavy atom. The Labute approximate surface area is 128 Å². The number of thiophene rings is 1. The summed E-state index contributed by atoms with van der Waals surface area (Å²) in [7, 11) is 2.27. The molecule has 0 aliphatic heterocycles. The van der Waals surface area contributed by atoms with E-state index in [4.69, 9.17) is 0 Å². The molecule has 3 heteroatoms. The number of rotatable bonds is 6. The first-order valence-corrected chi connectivity index (χ1v) is 8.61. The van der Waals surface area contributed by atoms with Crippen LogP contribution in [0.4, 0.5) is 0 Å². The van der Waals surface area contributed by atoms with Gasteiger partial charge in [0.15, 0.2) is 0 Å². The molecule has 1 atom stereocenters. The normalized spacial score (nSPS) is 17.8. The smallest absolute Gasteiger partial charge is 0.0304 e. The largest absolute Gasteiger partial charge is 0.307 e. The molecule has 1 unspecified atom stereocenters. The zero-order valence-electron chi connectivity index (χ0n) is 13.9. The van der Waals surface area contributed by atoms with E-state index >= 15 is 0 Å². The van der Waals surface area contributed by atoms with Gasteiger partial charge >= 0.3 is 0 Å². The Bertz CT molecular complexity index is 440. The molecular formula is C17H30N2S.